The molecule has 0 aliphatic rings. The van der Waals surface area contributed by atoms with Gasteiger partial charge in [-0.3, -0.25) is 14.4 Å². The number of unbranched alkanes of at least 4 members (excludes halogenated alkanes) is 7. The zero-order valence-corrected chi connectivity index (χ0v) is 34.9. The van der Waals surface area contributed by atoms with Crippen molar-refractivity contribution in [2.24, 2.45) is 0 Å². The zero-order valence-electron chi connectivity index (χ0n) is 34.9. The molecule has 308 valence electrons. The van der Waals surface area contributed by atoms with Crippen LogP contribution in [0.1, 0.15) is 162 Å². The average molecular weight is 761 g/mol. The zero-order chi connectivity index (χ0) is 40.1. The second-order valence-corrected chi connectivity index (χ2v) is 13.5. The van der Waals surface area contributed by atoms with Crippen LogP contribution in [0.3, 0.4) is 0 Å². The van der Waals surface area contributed by atoms with Gasteiger partial charge in [0, 0.05) is 19.3 Å². The van der Waals surface area contributed by atoms with Gasteiger partial charge in [0.15, 0.2) is 6.10 Å². The molecule has 0 amide bonds. The molecular weight excluding hydrogens is 685 g/mol. The molecule has 0 heterocycles. The fourth-order valence-corrected chi connectivity index (χ4v) is 5.13. The summed E-state index contributed by atoms with van der Waals surface area (Å²) in [5.41, 5.74) is 0. The maximum Gasteiger partial charge on any atom is 0.306 e. The average Bonchev–Trinajstić information content (AvgIpc) is 3.18. The van der Waals surface area contributed by atoms with Gasteiger partial charge in [-0.05, 0) is 116 Å². The van der Waals surface area contributed by atoms with E-state index < -0.39 is 6.10 Å². The lowest BCUT2D eigenvalue weighted by Gasteiger charge is -2.18. The Hall–Kier alpha value is -3.93. The van der Waals surface area contributed by atoms with Crippen molar-refractivity contribution < 1.29 is 28.6 Å². The Bertz CT molecular complexity index is 1200. The first kappa shape index (κ1) is 51.1. The standard InChI is InChI=1S/C49H76O6/c1-4-7-10-13-16-19-20-21-22-23-24-25-26-27-28-31-33-36-39-42-48(51)54-45-46(55-49(52)43-40-37-34-30-18-15-12-9-6-3)44-53-47(50)41-38-35-32-29-17-14-11-8-5-2/h7-12,16-19,21-22,24-25,27-30,46H,4-6,13-15,20,23,26,31-45H2,1-3H3/b10-7-,11-8-,12-9-,19-16-,22-21-,25-24-,28-27-,29-17-,30-18-. The number of carbonyl (C=O) groups excluding carboxylic acids is 3. The minimum Gasteiger partial charge on any atom is -0.462 e. The van der Waals surface area contributed by atoms with Gasteiger partial charge in [0.25, 0.3) is 0 Å². The van der Waals surface area contributed by atoms with E-state index in [1.165, 1.54) is 0 Å². The quantitative estimate of drug-likeness (QED) is 0.0274. The second kappa shape index (κ2) is 42.8. The molecule has 1 atom stereocenters. The first-order valence-electron chi connectivity index (χ1n) is 21.4. The van der Waals surface area contributed by atoms with Gasteiger partial charge < -0.3 is 14.2 Å². The summed E-state index contributed by atoms with van der Waals surface area (Å²) < 4.78 is 16.5. The molecule has 0 aromatic heterocycles. The van der Waals surface area contributed by atoms with Crippen LogP contribution < -0.4 is 0 Å². The number of carbonyl (C=O) groups is 3. The number of hydrogen-bond donors (Lipinski definition) is 0. The van der Waals surface area contributed by atoms with Gasteiger partial charge in [0.05, 0.1) is 0 Å². The summed E-state index contributed by atoms with van der Waals surface area (Å²) in [6.07, 6.45) is 56.7. The molecule has 0 saturated carbocycles. The highest BCUT2D eigenvalue weighted by molar-refractivity contribution is 5.71. The molecular formula is C49H76O6. The summed E-state index contributed by atoms with van der Waals surface area (Å²) in [5, 5.41) is 0. The Labute approximate surface area is 336 Å². The summed E-state index contributed by atoms with van der Waals surface area (Å²) >= 11 is 0. The molecule has 0 aliphatic heterocycles. The summed E-state index contributed by atoms with van der Waals surface area (Å²) in [7, 11) is 0. The molecule has 0 rings (SSSR count). The van der Waals surface area contributed by atoms with Crippen LogP contribution in [0.2, 0.25) is 0 Å². The smallest absolute Gasteiger partial charge is 0.306 e. The van der Waals surface area contributed by atoms with Crippen LogP contribution in [-0.4, -0.2) is 37.2 Å². The van der Waals surface area contributed by atoms with Crippen molar-refractivity contribution in [1.29, 1.82) is 0 Å². The Balaban J connectivity index is 4.44. The van der Waals surface area contributed by atoms with E-state index >= 15 is 0 Å². The van der Waals surface area contributed by atoms with Crippen LogP contribution in [0.25, 0.3) is 0 Å². The molecule has 0 spiro atoms. The number of hydrogen-bond acceptors (Lipinski definition) is 6. The van der Waals surface area contributed by atoms with Crippen molar-refractivity contribution in [3.8, 4) is 0 Å². The SMILES string of the molecule is CC/C=C\C/C=C\C/C=C\C/C=C\C/C=C\CCCCCC(=O)OCC(COC(=O)CCCC/C=C\C/C=C\CC)OC(=O)CCCC/C=C\C/C=C\CC. The van der Waals surface area contributed by atoms with Gasteiger partial charge in [-0.1, -0.05) is 137 Å². The maximum absolute atomic E-state index is 12.6. The minimum absolute atomic E-state index is 0.122. The van der Waals surface area contributed by atoms with Gasteiger partial charge in [0.1, 0.15) is 13.2 Å². The highest BCUT2D eigenvalue weighted by Gasteiger charge is 2.19. The molecule has 6 heteroatoms. The number of allylic oxidation sites excluding steroid dienone is 18. The van der Waals surface area contributed by atoms with Crippen LogP contribution >= 0.6 is 0 Å². The summed E-state index contributed by atoms with van der Waals surface area (Å²) in [6.45, 7) is 6.14. The number of ether oxygens (including phenoxy) is 3. The van der Waals surface area contributed by atoms with Crippen molar-refractivity contribution in [1.82, 2.24) is 0 Å². The van der Waals surface area contributed by atoms with Gasteiger partial charge in [0.2, 0.25) is 0 Å². The maximum atomic E-state index is 12.6. The lowest BCUT2D eigenvalue weighted by molar-refractivity contribution is -0.167. The van der Waals surface area contributed by atoms with Crippen LogP contribution in [0.4, 0.5) is 0 Å². The van der Waals surface area contributed by atoms with Crippen LogP contribution in [0.5, 0.6) is 0 Å². The molecule has 0 fully saturated rings. The normalized spacial score (nSPS) is 13.1. The van der Waals surface area contributed by atoms with Gasteiger partial charge in [-0.2, -0.15) is 0 Å². The predicted octanol–water partition coefficient (Wildman–Crippen LogP) is 13.6. The third-order valence-corrected chi connectivity index (χ3v) is 8.25. The fraction of sp³-hybridized carbons (Fsp3) is 0.571. The molecule has 0 radical (unpaired) electrons. The van der Waals surface area contributed by atoms with E-state index in [2.05, 4.69) is 130 Å². The predicted molar refractivity (Wildman–Crippen MR) is 233 cm³/mol. The van der Waals surface area contributed by atoms with E-state index in [1.807, 2.05) is 0 Å². The lowest BCUT2D eigenvalue weighted by atomic mass is 10.1. The van der Waals surface area contributed by atoms with Crippen LogP contribution in [0, 0.1) is 0 Å². The molecule has 0 aliphatic carbocycles. The molecule has 0 aromatic carbocycles. The van der Waals surface area contributed by atoms with Gasteiger partial charge in [-0.25, -0.2) is 0 Å². The Morgan fingerprint density at radius 1 is 0.364 bits per heavy atom. The molecule has 0 bridgehead atoms. The van der Waals surface area contributed by atoms with Crippen LogP contribution in [0.15, 0.2) is 109 Å². The van der Waals surface area contributed by atoms with Crippen molar-refractivity contribution in [3.05, 3.63) is 109 Å². The molecule has 1 unspecified atom stereocenters. The van der Waals surface area contributed by atoms with Crippen molar-refractivity contribution in [2.75, 3.05) is 13.2 Å². The lowest BCUT2D eigenvalue weighted by Crippen LogP contribution is -2.30. The van der Waals surface area contributed by atoms with Crippen molar-refractivity contribution >= 4 is 17.9 Å². The van der Waals surface area contributed by atoms with Gasteiger partial charge in [-0.15, -0.1) is 0 Å². The molecule has 6 nitrogen and oxygen atoms in total. The van der Waals surface area contributed by atoms with E-state index in [-0.39, 0.29) is 37.5 Å². The Morgan fingerprint density at radius 3 is 1.02 bits per heavy atom. The summed E-state index contributed by atoms with van der Waals surface area (Å²) in [5.74, 6) is -1.04. The van der Waals surface area contributed by atoms with Crippen molar-refractivity contribution in [2.45, 2.75) is 168 Å². The number of esters is 3. The van der Waals surface area contributed by atoms with Crippen molar-refractivity contribution in [3.63, 3.8) is 0 Å². The molecule has 0 saturated heterocycles. The monoisotopic (exact) mass is 761 g/mol. The second-order valence-electron chi connectivity index (χ2n) is 13.5. The van der Waals surface area contributed by atoms with E-state index in [0.29, 0.717) is 19.3 Å². The number of rotatable bonds is 36. The van der Waals surface area contributed by atoms with Crippen LogP contribution in [-0.2, 0) is 28.6 Å². The molecule has 55 heavy (non-hydrogen) atoms. The van der Waals surface area contributed by atoms with Gasteiger partial charge >= 0.3 is 17.9 Å². The Kier molecular flexibility index (Phi) is 39.7. The van der Waals surface area contributed by atoms with E-state index in [0.717, 1.165) is 116 Å². The summed E-state index contributed by atoms with van der Waals surface area (Å²) in [4.78, 5) is 37.5. The molecule has 0 N–H and O–H groups in total. The largest absolute Gasteiger partial charge is 0.462 e. The highest BCUT2D eigenvalue weighted by Crippen LogP contribution is 2.10. The first-order valence-corrected chi connectivity index (χ1v) is 21.4. The third kappa shape index (κ3) is 41.1. The fourth-order valence-electron chi connectivity index (χ4n) is 5.13. The topological polar surface area (TPSA) is 78.9 Å². The Morgan fingerprint density at radius 2 is 0.655 bits per heavy atom. The highest BCUT2D eigenvalue weighted by atomic mass is 16.6. The van der Waals surface area contributed by atoms with E-state index in [4.69, 9.17) is 14.2 Å². The van der Waals surface area contributed by atoms with E-state index in [1.54, 1.807) is 0 Å². The summed E-state index contributed by atoms with van der Waals surface area (Å²) in [6, 6.07) is 0. The minimum atomic E-state index is -0.819. The first-order chi connectivity index (χ1) is 27.0. The van der Waals surface area contributed by atoms with E-state index in [9.17, 15) is 14.4 Å². The molecule has 0 aromatic rings. The third-order valence-electron chi connectivity index (χ3n) is 8.25.